The first kappa shape index (κ1) is 14.9. The highest BCUT2D eigenvalue weighted by Gasteiger charge is 2.37. The Morgan fingerprint density at radius 3 is 2.45 bits per heavy atom. The summed E-state index contributed by atoms with van der Waals surface area (Å²) in [5.74, 6) is -0.870. The number of alkyl halides is 3. The molecule has 1 saturated heterocycles. The van der Waals surface area contributed by atoms with E-state index in [0.29, 0.717) is 26.2 Å². The number of nitrogens with zero attached hydrogens (tertiary/aromatic N) is 1. The minimum Gasteiger partial charge on any atom is -0.504 e. The van der Waals surface area contributed by atoms with Crippen LogP contribution in [-0.2, 0) is 0 Å². The van der Waals surface area contributed by atoms with E-state index < -0.39 is 30.1 Å². The summed E-state index contributed by atoms with van der Waals surface area (Å²) in [6.07, 6.45) is -5.39. The van der Waals surface area contributed by atoms with Crippen LogP contribution in [0.3, 0.4) is 0 Å². The molecule has 112 valence electrons. The number of hydrogen-bond donors (Lipinski definition) is 3. The van der Waals surface area contributed by atoms with Gasteiger partial charge in [-0.15, -0.1) is 0 Å². The summed E-state index contributed by atoms with van der Waals surface area (Å²) < 4.78 is 38.4. The van der Waals surface area contributed by atoms with Gasteiger partial charge in [0, 0.05) is 37.8 Å². The van der Waals surface area contributed by atoms with Crippen LogP contribution in [0, 0.1) is 0 Å². The molecule has 3 N–H and O–H groups in total. The summed E-state index contributed by atoms with van der Waals surface area (Å²) in [4.78, 5) is 1.68. The Labute approximate surface area is 114 Å². The number of benzene rings is 1. The Bertz CT molecular complexity index is 459. The van der Waals surface area contributed by atoms with Crippen LogP contribution < -0.4 is 5.32 Å². The van der Waals surface area contributed by atoms with Gasteiger partial charge in [0.15, 0.2) is 11.5 Å². The third-order valence-electron chi connectivity index (χ3n) is 3.42. The molecule has 0 amide bonds. The Balaban J connectivity index is 2.32. The molecule has 1 aromatic carbocycles. The van der Waals surface area contributed by atoms with Crippen molar-refractivity contribution in [1.82, 2.24) is 10.2 Å². The number of hydrogen-bond acceptors (Lipinski definition) is 4. The zero-order valence-corrected chi connectivity index (χ0v) is 10.8. The van der Waals surface area contributed by atoms with Crippen molar-refractivity contribution in [2.24, 2.45) is 0 Å². The third-order valence-corrected chi connectivity index (χ3v) is 3.42. The predicted molar refractivity (Wildman–Crippen MR) is 67.6 cm³/mol. The van der Waals surface area contributed by atoms with E-state index in [2.05, 4.69) is 5.32 Å². The number of phenols is 2. The molecule has 1 aliphatic heterocycles. The van der Waals surface area contributed by atoms with E-state index in [4.69, 9.17) is 0 Å². The highest BCUT2D eigenvalue weighted by Crippen LogP contribution is 2.40. The van der Waals surface area contributed by atoms with Crippen LogP contribution in [-0.4, -0.2) is 47.5 Å². The molecule has 1 heterocycles. The molecule has 20 heavy (non-hydrogen) atoms. The average molecular weight is 290 g/mol. The highest BCUT2D eigenvalue weighted by atomic mass is 19.4. The van der Waals surface area contributed by atoms with E-state index in [-0.39, 0.29) is 5.56 Å². The monoisotopic (exact) mass is 290 g/mol. The van der Waals surface area contributed by atoms with Crippen LogP contribution in [0.25, 0.3) is 0 Å². The smallest absolute Gasteiger partial charge is 0.390 e. The first-order chi connectivity index (χ1) is 9.38. The lowest BCUT2D eigenvalue weighted by molar-refractivity contribution is -0.148. The molecular formula is C13H17F3N2O2. The molecular weight excluding hydrogens is 273 g/mol. The normalized spacial score (nSPS) is 18.9. The van der Waals surface area contributed by atoms with Gasteiger partial charge in [-0.2, -0.15) is 13.2 Å². The summed E-state index contributed by atoms with van der Waals surface area (Å²) in [5, 5.41) is 22.4. The fraction of sp³-hybridized carbons (Fsp3) is 0.538. The van der Waals surface area contributed by atoms with Gasteiger partial charge in [-0.1, -0.05) is 12.1 Å². The van der Waals surface area contributed by atoms with Crippen molar-refractivity contribution in [2.75, 3.05) is 26.2 Å². The Morgan fingerprint density at radius 1 is 1.20 bits per heavy atom. The Hall–Kier alpha value is -1.47. The zero-order valence-electron chi connectivity index (χ0n) is 10.8. The van der Waals surface area contributed by atoms with Crippen molar-refractivity contribution in [2.45, 2.75) is 18.6 Å². The van der Waals surface area contributed by atoms with Crippen LogP contribution in [0.4, 0.5) is 13.2 Å². The van der Waals surface area contributed by atoms with Gasteiger partial charge in [-0.25, -0.2) is 0 Å². The van der Waals surface area contributed by atoms with Gasteiger partial charge in [0.25, 0.3) is 0 Å². The van der Waals surface area contributed by atoms with E-state index >= 15 is 0 Å². The fourth-order valence-corrected chi connectivity index (χ4v) is 2.47. The van der Waals surface area contributed by atoms with Crippen LogP contribution in [0.5, 0.6) is 11.5 Å². The highest BCUT2D eigenvalue weighted by molar-refractivity contribution is 5.46. The number of phenolic OH excluding ortho intramolecular Hbond substituents is 2. The number of rotatable bonds is 3. The van der Waals surface area contributed by atoms with Gasteiger partial charge in [0.1, 0.15) is 0 Å². The maximum atomic E-state index is 12.8. The Morgan fingerprint density at radius 2 is 1.85 bits per heavy atom. The number of aromatic hydroxyl groups is 2. The molecule has 0 bridgehead atoms. The second-order valence-electron chi connectivity index (χ2n) is 4.84. The molecule has 0 aromatic heterocycles. The molecule has 0 radical (unpaired) electrons. The molecule has 0 saturated carbocycles. The van der Waals surface area contributed by atoms with E-state index in [0.717, 1.165) is 0 Å². The van der Waals surface area contributed by atoms with Crippen molar-refractivity contribution < 1.29 is 23.4 Å². The minimum atomic E-state index is -4.34. The lowest BCUT2D eigenvalue weighted by atomic mass is 9.99. The van der Waals surface area contributed by atoms with Crippen molar-refractivity contribution in [3.8, 4) is 11.5 Å². The van der Waals surface area contributed by atoms with Gasteiger partial charge in [-0.3, -0.25) is 4.90 Å². The van der Waals surface area contributed by atoms with Crippen molar-refractivity contribution in [1.29, 1.82) is 0 Å². The van der Waals surface area contributed by atoms with Crippen molar-refractivity contribution >= 4 is 0 Å². The topological polar surface area (TPSA) is 55.7 Å². The predicted octanol–water partition coefficient (Wildman–Crippen LogP) is 2.00. The lowest BCUT2D eigenvalue weighted by Crippen LogP contribution is -2.46. The van der Waals surface area contributed by atoms with Gasteiger partial charge >= 0.3 is 6.18 Å². The summed E-state index contributed by atoms with van der Waals surface area (Å²) >= 11 is 0. The van der Waals surface area contributed by atoms with Crippen LogP contribution >= 0.6 is 0 Å². The van der Waals surface area contributed by atoms with Crippen molar-refractivity contribution in [3.05, 3.63) is 23.8 Å². The average Bonchev–Trinajstić information content (AvgIpc) is 2.40. The number of para-hydroxylation sites is 1. The Kier molecular flexibility index (Phi) is 4.39. The maximum absolute atomic E-state index is 12.8. The first-order valence-electron chi connectivity index (χ1n) is 6.41. The summed E-state index contributed by atoms with van der Waals surface area (Å²) in [5.41, 5.74) is 0.115. The molecule has 1 atom stereocenters. The fourth-order valence-electron chi connectivity index (χ4n) is 2.47. The first-order valence-corrected chi connectivity index (χ1v) is 6.41. The third kappa shape index (κ3) is 3.55. The number of piperazine rings is 1. The second-order valence-corrected chi connectivity index (χ2v) is 4.84. The quantitative estimate of drug-likeness (QED) is 0.745. The summed E-state index contributed by atoms with van der Waals surface area (Å²) in [7, 11) is 0. The van der Waals surface area contributed by atoms with Gasteiger partial charge in [0.2, 0.25) is 0 Å². The molecule has 7 heteroatoms. The SMILES string of the molecule is Oc1cccc([C@@H](CC(F)(F)F)N2CCNCC2)c1O. The zero-order chi connectivity index (χ0) is 14.8. The molecule has 1 aromatic rings. The molecule has 4 nitrogen and oxygen atoms in total. The standard InChI is InChI=1S/C13H17F3N2O2/c14-13(15,16)8-10(18-6-4-17-5-7-18)9-2-1-3-11(19)12(9)20/h1-3,10,17,19-20H,4-8H2/t10-/m1/s1. The van der Waals surface area contributed by atoms with E-state index in [9.17, 15) is 23.4 Å². The van der Waals surface area contributed by atoms with E-state index in [1.807, 2.05) is 0 Å². The largest absolute Gasteiger partial charge is 0.504 e. The number of nitrogens with one attached hydrogen (secondary N) is 1. The molecule has 0 unspecified atom stereocenters. The molecule has 0 spiro atoms. The van der Waals surface area contributed by atoms with Gasteiger partial charge in [-0.05, 0) is 6.07 Å². The molecule has 0 aliphatic carbocycles. The second kappa shape index (κ2) is 5.88. The summed E-state index contributed by atoms with van der Waals surface area (Å²) in [6.45, 7) is 2.15. The maximum Gasteiger partial charge on any atom is 0.390 e. The summed E-state index contributed by atoms with van der Waals surface area (Å²) in [6, 6.07) is 3.13. The molecule has 1 aliphatic rings. The van der Waals surface area contributed by atoms with Crippen molar-refractivity contribution in [3.63, 3.8) is 0 Å². The minimum absolute atomic E-state index is 0.115. The number of halogens is 3. The van der Waals surface area contributed by atoms with Crippen LogP contribution in [0.15, 0.2) is 18.2 Å². The van der Waals surface area contributed by atoms with Crippen LogP contribution in [0.2, 0.25) is 0 Å². The lowest BCUT2D eigenvalue weighted by Gasteiger charge is -2.35. The van der Waals surface area contributed by atoms with E-state index in [1.165, 1.54) is 18.2 Å². The van der Waals surface area contributed by atoms with Crippen LogP contribution in [0.1, 0.15) is 18.0 Å². The van der Waals surface area contributed by atoms with E-state index in [1.54, 1.807) is 4.90 Å². The van der Waals surface area contributed by atoms with Gasteiger partial charge < -0.3 is 15.5 Å². The van der Waals surface area contributed by atoms with Gasteiger partial charge in [0.05, 0.1) is 6.42 Å². The molecule has 1 fully saturated rings. The molecule has 2 rings (SSSR count).